The highest BCUT2D eigenvalue weighted by Crippen LogP contribution is 2.35. The number of anilines is 2. The van der Waals surface area contributed by atoms with Gasteiger partial charge in [-0.3, -0.25) is 14.5 Å². The molecular weight excluding hydrogens is 394 g/mol. The number of thiazole rings is 1. The van der Waals surface area contributed by atoms with Crippen LogP contribution in [0.2, 0.25) is 0 Å². The Labute approximate surface area is 172 Å². The fourth-order valence-electron chi connectivity index (χ4n) is 2.79. The summed E-state index contributed by atoms with van der Waals surface area (Å²) in [5.41, 5.74) is 2.55. The Morgan fingerprint density at radius 2 is 2.00 bits per heavy atom. The molecule has 2 aromatic heterocycles. The lowest BCUT2D eigenvalue weighted by Gasteiger charge is -2.20. The SMILES string of the molecule is COc1ccccc1N(C(C)=O)c1nc(COC(=O)Cc2c(C)noc2C)cs1. The first-order valence-corrected chi connectivity index (χ1v) is 9.74. The smallest absolute Gasteiger partial charge is 0.310 e. The fraction of sp³-hybridized carbons (Fsp3) is 0.300. The maximum absolute atomic E-state index is 12.3. The molecule has 0 spiro atoms. The molecule has 0 aliphatic rings. The molecule has 0 atom stereocenters. The molecule has 2 heterocycles. The number of para-hydroxylation sites is 2. The number of carbonyl (C=O) groups is 2. The van der Waals surface area contributed by atoms with Crippen LogP contribution in [-0.2, 0) is 27.4 Å². The molecule has 152 valence electrons. The number of carbonyl (C=O) groups excluding carboxylic acids is 2. The zero-order valence-corrected chi connectivity index (χ0v) is 17.4. The second kappa shape index (κ2) is 8.87. The highest BCUT2D eigenvalue weighted by molar-refractivity contribution is 7.14. The number of hydrogen-bond donors (Lipinski definition) is 0. The molecule has 0 aliphatic carbocycles. The van der Waals surface area contributed by atoms with Gasteiger partial charge in [0.1, 0.15) is 18.1 Å². The van der Waals surface area contributed by atoms with Gasteiger partial charge in [-0.15, -0.1) is 11.3 Å². The number of hydrogen-bond acceptors (Lipinski definition) is 8. The number of rotatable bonds is 7. The number of aryl methyl sites for hydroxylation is 2. The van der Waals surface area contributed by atoms with Gasteiger partial charge < -0.3 is 14.0 Å². The van der Waals surface area contributed by atoms with Gasteiger partial charge in [-0.05, 0) is 26.0 Å². The van der Waals surface area contributed by atoms with Crippen LogP contribution >= 0.6 is 11.3 Å². The van der Waals surface area contributed by atoms with Gasteiger partial charge >= 0.3 is 5.97 Å². The van der Waals surface area contributed by atoms with Crippen molar-refractivity contribution in [3.63, 3.8) is 0 Å². The molecule has 0 N–H and O–H groups in total. The van der Waals surface area contributed by atoms with Crippen LogP contribution in [0.5, 0.6) is 5.75 Å². The lowest BCUT2D eigenvalue weighted by Crippen LogP contribution is -2.23. The van der Waals surface area contributed by atoms with E-state index in [9.17, 15) is 9.59 Å². The summed E-state index contributed by atoms with van der Waals surface area (Å²) in [4.78, 5) is 30.3. The first kappa shape index (κ1) is 20.5. The normalized spacial score (nSPS) is 10.6. The van der Waals surface area contributed by atoms with Gasteiger partial charge in [0.05, 0.1) is 30.6 Å². The molecule has 1 aromatic carbocycles. The summed E-state index contributed by atoms with van der Waals surface area (Å²) in [6.07, 6.45) is 0.0823. The number of aromatic nitrogens is 2. The van der Waals surface area contributed by atoms with Crippen molar-refractivity contribution in [1.82, 2.24) is 10.1 Å². The number of ether oxygens (including phenoxy) is 2. The lowest BCUT2D eigenvalue weighted by molar-refractivity contribution is -0.144. The highest BCUT2D eigenvalue weighted by Gasteiger charge is 2.21. The van der Waals surface area contributed by atoms with E-state index in [1.165, 1.54) is 23.2 Å². The van der Waals surface area contributed by atoms with Gasteiger partial charge in [-0.25, -0.2) is 4.98 Å². The Bertz CT molecular complexity index is 1010. The second-order valence-electron chi connectivity index (χ2n) is 6.29. The van der Waals surface area contributed by atoms with E-state index in [1.54, 1.807) is 38.5 Å². The van der Waals surface area contributed by atoms with Crippen molar-refractivity contribution in [2.75, 3.05) is 12.0 Å². The summed E-state index contributed by atoms with van der Waals surface area (Å²) < 4.78 is 15.7. The van der Waals surface area contributed by atoms with Crippen molar-refractivity contribution in [3.05, 3.63) is 52.4 Å². The molecule has 0 saturated carbocycles. The molecule has 0 fully saturated rings. The predicted molar refractivity (Wildman–Crippen MR) is 107 cm³/mol. The monoisotopic (exact) mass is 415 g/mol. The maximum Gasteiger partial charge on any atom is 0.310 e. The van der Waals surface area contributed by atoms with Crippen molar-refractivity contribution in [2.45, 2.75) is 33.8 Å². The van der Waals surface area contributed by atoms with Crippen LogP contribution in [0.25, 0.3) is 0 Å². The zero-order valence-electron chi connectivity index (χ0n) is 16.6. The number of methoxy groups -OCH3 is 1. The van der Waals surface area contributed by atoms with Gasteiger partial charge in [-0.1, -0.05) is 17.3 Å². The molecule has 0 bridgehead atoms. The van der Waals surface area contributed by atoms with Gasteiger partial charge in [0.2, 0.25) is 5.91 Å². The summed E-state index contributed by atoms with van der Waals surface area (Å²) in [6, 6.07) is 7.20. The van der Waals surface area contributed by atoms with E-state index in [4.69, 9.17) is 14.0 Å². The minimum atomic E-state index is -0.401. The Morgan fingerprint density at radius 3 is 2.66 bits per heavy atom. The van der Waals surface area contributed by atoms with Crippen LogP contribution < -0.4 is 9.64 Å². The molecule has 0 aliphatic heterocycles. The van der Waals surface area contributed by atoms with E-state index >= 15 is 0 Å². The summed E-state index contributed by atoms with van der Waals surface area (Å²) >= 11 is 1.28. The van der Waals surface area contributed by atoms with Crippen LogP contribution in [-0.4, -0.2) is 29.1 Å². The van der Waals surface area contributed by atoms with Gasteiger partial charge in [0, 0.05) is 17.9 Å². The van der Waals surface area contributed by atoms with E-state index < -0.39 is 5.97 Å². The summed E-state index contributed by atoms with van der Waals surface area (Å²) in [5, 5.41) is 6.05. The molecule has 3 rings (SSSR count). The average Bonchev–Trinajstić information content (AvgIpc) is 3.28. The number of benzene rings is 1. The van der Waals surface area contributed by atoms with Crippen molar-refractivity contribution >= 4 is 34.0 Å². The molecular formula is C20H21N3O5S. The van der Waals surface area contributed by atoms with Gasteiger partial charge in [0.15, 0.2) is 5.13 Å². The van der Waals surface area contributed by atoms with Gasteiger partial charge in [-0.2, -0.15) is 0 Å². The molecule has 3 aromatic rings. The van der Waals surface area contributed by atoms with Crippen molar-refractivity contribution in [3.8, 4) is 5.75 Å². The van der Waals surface area contributed by atoms with Crippen LogP contribution in [0.3, 0.4) is 0 Å². The third-order valence-electron chi connectivity index (χ3n) is 4.26. The van der Waals surface area contributed by atoms with Crippen LogP contribution in [0.15, 0.2) is 34.2 Å². The number of nitrogens with zero attached hydrogens (tertiary/aromatic N) is 3. The van der Waals surface area contributed by atoms with Crippen molar-refractivity contribution in [2.24, 2.45) is 0 Å². The zero-order chi connectivity index (χ0) is 21.0. The van der Waals surface area contributed by atoms with Gasteiger partial charge in [0.25, 0.3) is 0 Å². The highest BCUT2D eigenvalue weighted by atomic mass is 32.1. The fourth-order valence-corrected chi connectivity index (χ4v) is 3.66. The van der Waals surface area contributed by atoms with E-state index in [0.717, 1.165) is 5.56 Å². The third kappa shape index (κ3) is 4.62. The van der Waals surface area contributed by atoms with Crippen LogP contribution in [0.1, 0.15) is 29.6 Å². The minimum Gasteiger partial charge on any atom is -0.495 e. The molecule has 0 radical (unpaired) electrons. The molecule has 1 amide bonds. The number of esters is 1. The Hall–Kier alpha value is -3.20. The molecule has 29 heavy (non-hydrogen) atoms. The standard InChI is InChI=1S/C20H21N3O5S/c1-12-16(13(2)28-22-12)9-19(25)27-10-15-11-29-20(21-15)23(14(3)24)17-7-5-6-8-18(17)26-4/h5-8,11H,9-10H2,1-4H3. The molecule has 9 heteroatoms. The molecule has 0 saturated heterocycles. The van der Waals surface area contributed by atoms with Crippen LogP contribution in [0, 0.1) is 13.8 Å². The average molecular weight is 415 g/mol. The topological polar surface area (TPSA) is 94.8 Å². The molecule has 0 unspecified atom stereocenters. The molecule has 8 nitrogen and oxygen atoms in total. The largest absolute Gasteiger partial charge is 0.495 e. The predicted octanol–water partition coefficient (Wildman–Crippen LogP) is 3.73. The van der Waals surface area contributed by atoms with E-state index in [0.29, 0.717) is 33.7 Å². The van der Waals surface area contributed by atoms with E-state index in [-0.39, 0.29) is 18.9 Å². The van der Waals surface area contributed by atoms with E-state index in [2.05, 4.69) is 10.1 Å². The summed E-state index contributed by atoms with van der Waals surface area (Å²) in [5.74, 6) is 0.558. The van der Waals surface area contributed by atoms with Crippen molar-refractivity contribution in [1.29, 1.82) is 0 Å². The minimum absolute atomic E-state index is 0.0103. The maximum atomic E-state index is 12.3. The Morgan fingerprint density at radius 1 is 1.24 bits per heavy atom. The Kier molecular flexibility index (Phi) is 6.28. The second-order valence-corrected chi connectivity index (χ2v) is 7.12. The summed E-state index contributed by atoms with van der Waals surface area (Å²) in [6.45, 7) is 5.00. The first-order chi connectivity index (χ1) is 13.9. The summed E-state index contributed by atoms with van der Waals surface area (Å²) in [7, 11) is 1.54. The van der Waals surface area contributed by atoms with Crippen LogP contribution in [0.4, 0.5) is 10.8 Å². The lowest BCUT2D eigenvalue weighted by atomic mass is 10.1. The quantitative estimate of drug-likeness (QED) is 0.543. The third-order valence-corrected chi connectivity index (χ3v) is 5.13. The van der Waals surface area contributed by atoms with Crippen molar-refractivity contribution < 1.29 is 23.6 Å². The Balaban J connectivity index is 1.70. The number of amides is 1. The first-order valence-electron chi connectivity index (χ1n) is 8.86. The van der Waals surface area contributed by atoms with E-state index in [1.807, 2.05) is 12.1 Å².